The lowest BCUT2D eigenvalue weighted by Gasteiger charge is -2.29. The molecule has 1 aliphatic carbocycles. The van der Waals surface area contributed by atoms with Gasteiger partial charge in [0.1, 0.15) is 11.2 Å². The quantitative estimate of drug-likeness (QED) is 0.406. The van der Waals surface area contributed by atoms with Crippen molar-refractivity contribution in [2.24, 2.45) is 5.92 Å². The van der Waals surface area contributed by atoms with Gasteiger partial charge in [0.2, 0.25) is 0 Å². The molecule has 1 N–H and O–H groups in total. The Balaban J connectivity index is 1.70. The number of ether oxygens (including phenoxy) is 2. The van der Waals surface area contributed by atoms with Crippen LogP contribution in [0.15, 0.2) is 60.2 Å². The van der Waals surface area contributed by atoms with Gasteiger partial charge in [-0.25, -0.2) is 14.5 Å². The van der Waals surface area contributed by atoms with E-state index in [1.807, 2.05) is 30.3 Å². The van der Waals surface area contributed by atoms with E-state index < -0.39 is 23.4 Å². The lowest BCUT2D eigenvalue weighted by molar-refractivity contribution is -0.000290. The molecule has 0 saturated heterocycles. The molecule has 1 aliphatic rings. The highest BCUT2D eigenvalue weighted by Gasteiger charge is 2.38. The third-order valence-electron chi connectivity index (χ3n) is 6.06. The van der Waals surface area contributed by atoms with Crippen molar-refractivity contribution in [3.63, 3.8) is 0 Å². The van der Waals surface area contributed by atoms with Crippen LogP contribution in [0.3, 0.4) is 0 Å². The van der Waals surface area contributed by atoms with Crippen molar-refractivity contribution in [3.8, 4) is 0 Å². The van der Waals surface area contributed by atoms with Gasteiger partial charge in [0.25, 0.3) is 0 Å². The molecule has 0 spiro atoms. The standard InChI is InChI=1S/C31H42N2O4/c1-8-23(18-22-14-10-9-11-15-22)26-19-27(26)32-20-24-16-12-13-17-25(24)21-33(28(34)36-30(2,3)4)29(35)37-31(5,6)7/h9-18,26-27,32H,8,19-21H2,1-7H3/b23-18+. The Morgan fingerprint density at radius 3 is 1.97 bits per heavy atom. The number of imide groups is 1. The third-order valence-corrected chi connectivity index (χ3v) is 6.06. The van der Waals surface area contributed by atoms with E-state index in [2.05, 4.69) is 42.6 Å². The maximum absolute atomic E-state index is 13.0. The van der Waals surface area contributed by atoms with E-state index in [4.69, 9.17) is 9.47 Å². The number of rotatable bonds is 8. The molecule has 2 atom stereocenters. The zero-order chi connectivity index (χ0) is 27.2. The number of carbonyl (C=O) groups is 2. The lowest BCUT2D eigenvalue weighted by Crippen LogP contribution is -2.43. The largest absolute Gasteiger partial charge is 0.443 e. The van der Waals surface area contributed by atoms with Crippen molar-refractivity contribution in [1.82, 2.24) is 10.2 Å². The zero-order valence-electron chi connectivity index (χ0n) is 23.3. The van der Waals surface area contributed by atoms with Gasteiger partial charge in [0.15, 0.2) is 0 Å². The van der Waals surface area contributed by atoms with E-state index in [0.29, 0.717) is 18.5 Å². The maximum Gasteiger partial charge on any atom is 0.420 e. The SMILES string of the molecule is CC/C(=C\c1ccccc1)C1CC1NCc1ccccc1CN(C(=O)OC(C)(C)C)C(=O)OC(C)(C)C. The van der Waals surface area contributed by atoms with Crippen LogP contribution < -0.4 is 5.32 Å². The highest BCUT2D eigenvalue weighted by molar-refractivity contribution is 5.88. The molecule has 0 aromatic heterocycles. The van der Waals surface area contributed by atoms with Crippen molar-refractivity contribution in [3.05, 3.63) is 76.9 Å². The molecular weight excluding hydrogens is 464 g/mol. The summed E-state index contributed by atoms with van der Waals surface area (Å²) in [6.07, 6.45) is 3.00. The molecule has 2 aromatic rings. The number of nitrogens with one attached hydrogen (secondary N) is 1. The Bertz CT molecular complexity index is 1070. The summed E-state index contributed by atoms with van der Waals surface area (Å²) in [4.78, 5) is 27.0. The van der Waals surface area contributed by atoms with Crippen LogP contribution in [0.1, 0.15) is 78.0 Å². The van der Waals surface area contributed by atoms with Gasteiger partial charge in [-0.3, -0.25) is 0 Å². The normalized spacial score (nSPS) is 17.8. The van der Waals surface area contributed by atoms with Crippen LogP contribution in [0, 0.1) is 5.92 Å². The Hall–Kier alpha value is -3.12. The summed E-state index contributed by atoms with van der Waals surface area (Å²) in [6, 6.07) is 18.7. The first-order valence-electron chi connectivity index (χ1n) is 13.2. The molecular formula is C31H42N2O4. The van der Waals surface area contributed by atoms with Crippen molar-refractivity contribution >= 4 is 18.3 Å². The third kappa shape index (κ3) is 9.04. The molecule has 0 bridgehead atoms. The summed E-state index contributed by atoms with van der Waals surface area (Å²) in [6.45, 7) is 13.6. The molecule has 6 heteroatoms. The van der Waals surface area contributed by atoms with Crippen LogP contribution in [0.2, 0.25) is 0 Å². The van der Waals surface area contributed by atoms with Crippen molar-refractivity contribution in [2.45, 2.75) is 91.6 Å². The van der Waals surface area contributed by atoms with Gasteiger partial charge in [-0.2, -0.15) is 0 Å². The van der Waals surface area contributed by atoms with E-state index in [1.54, 1.807) is 41.5 Å². The fraction of sp³-hybridized carbons (Fsp3) is 0.484. The average molecular weight is 507 g/mol. The van der Waals surface area contributed by atoms with Gasteiger partial charge in [-0.1, -0.05) is 73.2 Å². The van der Waals surface area contributed by atoms with Gasteiger partial charge in [-0.05, 0) is 77.0 Å². The Morgan fingerprint density at radius 2 is 1.43 bits per heavy atom. The minimum Gasteiger partial charge on any atom is -0.443 e. The molecule has 6 nitrogen and oxygen atoms in total. The van der Waals surface area contributed by atoms with Crippen LogP contribution in [-0.2, 0) is 22.6 Å². The van der Waals surface area contributed by atoms with E-state index in [9.17, 15) is 9.59 Å². The van der Waals surface area contributed by atoms with Gasteiger partial charge in [0, 0.05) is 12.6 Å². The average Bonchev–Trinajstić information content (AvgIpc) is 3.58. The van der Waals surface area contributed by atoms with E-state index in [-0.39, 0.29) is 6.54 Å². The van der Waals surface area contributed by atoms with Gasteiger partial charge in [-0.15, -0.1) is 0 Å². The summed E-state index contributed by atoms with van der Waals surface area (Å²) in [5.41, 5.74) is 3.14. The van der Waals surface area contributed by atoms with E-state index in [0.717, 1.165) is 28.9 Å². The molecule has 0 radical (unpaired) electrons. The number of amides is 2. The highest BCUT2D eigenvalue weighted by Crippen LogP contribution is 2.40. The summed E-state index contributed by atoms with van der Waals surface area (Å²) in [5.74, 6) is 0.525. The van der Waals surface area contributed by atoms with Crippen LogP contribution in [0.5, 0.6) is 0 Å². The molecule has 200 valence electrons. The monoisotopic (exact) mass is 506 g/mol. The van der Waals surface area contributed by atoms with Crippen LogP contribution >= 0.6 is 0 Å². The summed E-state index contributed by atoms with van der Waals surface area (Å²) in [7, 11) is 0. The summed E-state index contributed by atoms with van der Waals surface area (Å²) < 4.78 is 11.0. The van der Waals surface area contributed by atoms with E-state index >= 15 is 0 Å². The minimum atomic E-state index is -0.732. The number of carbonyl (C=O) groups excluding carboxylic acids is 2. The first-order valence-corrected chi connectivity index (χ1v) is 13.2. The predicted molar refractivity (Wildman–Crippen MR) is 148 cm³/mol. The van der Waals surface area contributed by atoms with Gasteiger partial charge >= 0.3 is 12.2 Å². The first kappa shape index (κ1) is 28.5. The smallest absolute Gasteiger partial charge is 0.420 e. The Kier molecular flexibility index (Phi) is 9.19. The molecule has 2 unspecified atom stereocenters. The fourth-order valence-corrected chi connectivity index (χ4v) is 4.20. The molecule has 1 saturated carbocycles. The first-order chi connectivity index (χ1) is 17.4. The van der Waals surface area contributed by atoms with Gasteiger partial charge in [0.05, 0.1) is 6.54 Å². The van der Waals surface area contributed by atoms with Crippen LogP contribution in [-0.4, -0.2) is 34.3 Å². The minimum absolute atomic E-state index is 0.0733. The second-order valence-electron chi connectivity index (χ2n) is 11.6. The van der Waals surface area contributed by atoms with Crippen molar-refractivity contribution in [1.29, 1.82) is 0 Å². The second kappa shape index (κ2) is 12.0. The molecule has 37 heavy (non-hydrogen) atoms. The number of benzene rings is 2. The number of nitrogens with zero attached hydrogens (tertiary/aromatic N) is 1. The molecule has 0 aliphatic heterocycles. The zero-order valence-corrected chi connectivity index (χ0v) is 23.3. The second-order valence-corrected chi connectivity index (χ2v) is 11.6. The summed E-state index contributed by atoms with van der Waals surface area (Å²) in [5, 5.41) is 3.68. The molecule has 2 aromatic carbocycles. The summed E-state index contributed by atoms with van der Waals surface area (Å²) >= 11 is 0. The predicted octanol–water partition coefficient (Wildman–Crippen LogP) is 7.33. The molecule has 2 amide bonds. The highest BCUT2D eigenvalue weighted by atomic mass is 16.6. The fourth-order valence-electron chi connectivity index (χ4n) is 4.20. The Labute approximate surface area is 222 Å². The Morgan fingerprint density at radius 1 is 0.892 bits per heavy atom. The van der Waals surface area contributed by atoms with Crippen molar-refractivity contribution in [2.75, 3.05) is 0 Å². The van der Waals surface area contributed by atoms with Crippen LogP contribution in [0.4, 0.5) is 9.59 Å². The lowest BCUT2D eigenvalue weighted by atomic mass is 10.0. The van der Waals surface area contributed by atoms with E-state index in [1.165, 1.54) is 11.1 Å². The molecule has 3 rings (SSSR count). The maximum atomic E-state index is 13.0. The van der Waals surface area contributed by atoms with Gasteiger partial charge < -0.3 is 14.8 Å². The van der Waals surface area contributed by atoms with Crippen LogP contribution in [0.25, 0.3) is 6.08 Å². The topological polar surface area (TPSA) is 67.9 Å². The van der Waals surface area contributed by atoms with Crippen molar-refractivity contribution < 1.29 is 19.1 Å². The molecule has 1 fully saturated rings. The number of hydrogen-bond acceptors (Lipinski definition) is 5. The number of hydrogen-bond donors (Lipinski definition) is 1. The molecule has 0 heterocycles.